The largest absolute Gasteiger partial charge is 0.399 e. The lowest BCUT2D eigenvalue weighted by molar-refractivity contribution is 1.08. The molecular formula is C21H19N5S. The molecular weight excluding hydrogens is 354 g/mol. The van der Waals surface area contributed by atoms with Crippen molar-refractivity contribution in [2.24, 2.45) is 5.10 Å². The minimum Gasteiger partial charge on any atom is -0.399 e. The highest BCUT2D eigenvalue weighted by molar-refractivity contribution is 7.21. The van der Waals surface area contributed by atoms with Crippen LogP contribution < -0.4 is 11.2 Å². The zero-order valence-electron chi connectivity index (χ0n) is 15.1. The number of aryl methyl sites for hydroxylation is 1. The van der Waals surface area contributed by atoms with Crippen molar-refractivity contribution in [3.05, 3.63) is 72.1 Å². The van der Waals surface area contributed by atoms with Gasteiger partial charge in [0, 0.05) is 10.6 Å². The molecule has 4 rings (SSSR count). The molecule has 3 N–H and O–H groups in total. The fraction of sp³-hybridized carbons (Fsp3) is 0.0952. The van der Waals surface area contributed by atoms with Crippen LogP contribution in [-0.4, -0.2) is 15.7 Å². The van der Waals surface area contributed by atoms with Crippen LogP contribution in [0, 0.1) is 6.92 Å². The molecule has 4 aromatic rings. The Balaban J connectivity index is 1.71. The van der Waals surface area contributed by atoms with E-state index in [0.717, 1.165) is 26.4 Å². The van der Waals surface area contributed by atoms with Crippen molar-refractivity contribution in [1.82, 2.24) is 9.97 Å². The van der Waals surface area contributed by atoms with Gasteiger partial charge in [-0.05, 0) is 43.2 Å². The predicted molar refractivity (Wildman–Crippen MR) is 114 cm³/mol. The summed E-state index contributed by atoms with van der Waals surface area (Å²) in [6, 6.07) is 20.1. The van der Waals surface area contributed by atoms with Crippen LogP contribution >= 0.6 is 11.3 Å². The molecule has 0 unspecified atom stereocenters. The second kappa shape index (κ2) is 7.17. The number of nitrogens with one attached hydrogen (secondary N) is 1. The number of anilines is 2. The normalized spacial score (nSPS) is 11.7. The molecule has 0 radical (unpaired) electrons. The fourth-order valence-electron chi connectivity index (χ4n) is 2.82. The maximum atomic E-state index is 5.86. The zero-order valence-corrected chi connectivity index (χ0v) is 15.9. The number of rotatable bonds is 4. The molecule has 27 heavy (non-hydrogen) atoms. The molecule has 0 saturated heterocycles. The van der Waals surface area contributed by atoms with Gasteiger partial charge in [0.2, 0.25) is 0 Å². The summed E-state index contributed by atoms with van der Waals surface area (Å²) in [5.41, 5.74) is 12.7. The number of fused-ring (bicyclic) bond motifs is 1. The molecule has 2 heterocycles. The SMILES string of the molecule is CC(=NNc1nc(C)nc2sc(-c3ccccc3)cc12)c1cccc(N)c1. The first-order chi connectivity index (χ1) is 13.1. The van der Waals surface area contributed by atoms with Crippen molar-refractivity contribution in [2.75, 3.05) is 11.2 Å². The summed E-state index contributed by atoms with van der Waals surface area (Å²) in [4.78, 5) is 11.2. The van der Waals surface area contributed by atoms with E-state index in [1.807, 2.05) is 56.3 Å². The van der Waals surface area contributed by atoms with Gasteiger partial charge in [0.25, 0.3) is 0 Å². The Morgan fingerprint density at radius 3 is 2.63 bits per heavy atom. The first-order valence-electron chi connectivity index (χ1n) is 8.60. The van der Waals surface area contributed by atoms with Gasteiger partial charge in [0.15, 0.2) is 5.82 Å². The highest BCUT2D eigenvalue weighted by Crippen LogP contribution is 2.35. The van der Waals surface area contributed by atoms with Gasteiger partial charge in [0.05, 0.1) is 11.1 Å². The standard InChI is InChI=1S/C21H19N5S/c1-13(16-9-6-10-17(22)11-16)25-26-20-18-12-19(15-7-4-3-5-8-15)27-21(18)24-14(2)23-20/h3-12H,22H2,1-2H3,(H,23,24,26). The average molecular weight is 373 g/mol. The molecule has 2 aromatic heterocycles. The van der Waals surface area contributed by atoms with Gasteiger partial charge in [-0.2, -0.15) is 5.10 Å². The minimum atomic E-state index is 0.708. The van der Waals surface area contributed by atoms with Crippen LogP contribution in [0.1, 0.15) is 18.3 Å². The lowest BCUT2D eigenvalue weighted by Gasteiger charge is -2.05. The van der Waals surface area contributed by atoms with E-state index < -0.39 is 0 Å². The number of nitrogens with zero attached hydrogens (tertiary/aromatic N) is 3. The van der Waals surface area contributed by atoms with E-state index in [1.165, 1.54) is 5.56 Å². The summed E-state index contributed by atoms with van der Waals surface area (Å²) in [6.07, 6.45) is 0. The summed E-state index contributed by atoms with van der Waals surface area (Å²) >= 11 is 1.66. The lowest BCUT2D eigenvalue weighted by Crippen LogP contribution is -2.03. The molecule has 134 valence electrons. The molecule has 2 aromatic carbocycles. The number of aromatic nitrogens is 2. The van der Waals surface area contributed by atoms with E-state index in [2.05, 4.69) is 38.7 Å². The number of hydrazone groups is 1. The number of hydrogen-bond acceptors (Lipinski definition) is 6. The van der Waals surface area contributed by atoms with Gasteiger partial charge in [-0.1, -0.05) is 42.5 Å². The minimum absolute atomic E-state index is 0.708. The smallest absolute Gasteiger partial charge is 0.158 e. The summed E-state index contributed by atoms with van der Waals surface area (Å²) in [5, 5.41) is 5.47. The van der Waals surface area contributed by atoms with Gasteiger partial charge in [-0.15, -0.1) is 11.3 Å². The van der Waals surface area contributed by atoms with Gasteiger partial charge in [0.1, 0.15) is 10.7 Å². The monoisotopic (exact) mass is 373 g/mol. The number of benzene rings is 2. The van der Waals surface area contributed by atoms with Gasteiger partial charge >= 0.3 is 0 Å². The van der Waals surface area contributed by atoms with Crippen LogP contribution in [0.4, 0.5) is 11.5 Å². The van der Waals surface area contributed by atoms with Crippen molar-refractivity contribution >= 4 is 38.8 Å². The number of thiophene rings is 1. The van der Waals surface area contributed by atoms with Crippen LogP contribution in [0.15, 0.2) is 65.8 Å². The van der Waals surface area contributed by atoms with Crippen LogP contribution in [0.5, 0.6) is 0 Å². The van der Waals surface area contributed by atoms with Crippen LogP contribution in [-0.2, 0) is 0 Å². The van der Waals surface area contributed by atoms with Crippen LogP contribution in [0.2, 0.25) is 0 Å². The molecule has 0 aliphatic heterocycles. The highest BCUT2D eigenvalue weighted by Gasteiger charge is 2.11. The molecule has 6 heteroatoms. The third-order valence-corrected chi connectivity index (χ3v) is 5.27. The number of nitrogens with two attached hydrogens (primary N) is 1. The van der Waals surface area contributed by atoms with Gasteiger partial charge in [-0.25, -0.2) is 9.97 Å². The second-order valence-corrected chi connectivity index (χ2v) is 7.28. The van der Waals surface area contributed by atoms with E-state index in [4.69, 9.17) is 5.73 Å². The number of hydrogen-bond donors (Lipinski definition) is 2. The van der Waals surface area contributed by atoms with E-state index in [-0.39, 0.29) is 0 Å². The van der Waals surface area contributed by atoms with Crippen LogP contribution in [0.25, 0.3) is 20.7 Å². The highest BCUT2D eigenvalue weighted by atomic mass is 32.1. The van der Waals surface area contributed by atoms with Gasteiger partial charge in [-0.3, -0.25) is 5.43 Å². The second-order valence-electron chi connectivity index (χ2n) is 6.25. The van der Waals surface area contributed by atoms with E-state index in [9.17, 15) is 0 Å². The molecule has 0 amide bonds. The van der Waals surface area contributed by atoms with Crippen molar-refractivity contribution in [3.63, 3.8) is 0 Å². The molecule has 0 aliphatic carbocycles. The van der Waals surface area contributed by atoms with Crippen molar-refractivity contribution < 1.29 is 0 Å². The maximum absolute atomic E-state index is 5.86. The molecule has 0 saturated carbocycles. The summed E-state index contributed by atoms with van der Waals surface area (Å²) < 4.78 is 0. The fourth-order valence-corrected chi connectivity index (χ4v) is 3.91. The molecule has 0 bridgehead atoms. The molecule has 0 aliphatic rings. The molecule has 0 fully saturated rings. The number of nitrogen functional groups attached to an aromatic ring is 1. The van der Waals surface area contributed by atoms with Crippen molar-refractivity contribution in [3.8, 4) is 10.4 Å². The Bertz CT molecular complexity index is 1130. The van der Waals surface area contributed by atoms with E-state index in [0.29, 0.717) is 17.3 Å². The summed E-state index contributed by atoms with van der Waals surface area (Å²) in [6.45, 7) is 3.83. The summed E-state index contributed by atoms with van der Waals surface area (Å²) in [5.74, 6) is 1.42. The molecule has 0 atom stereocenters. The quantitative estimate of drug-likeness (QED) is 0.297. The van der Waals surface area contributed by atoms with E-state index >= 15 is 0 Å². The Labute approximate surface area is 161 Å². The average Bonchev–Trinajstić information content (AvgIpc) is 3.10. The van der Waals surface area contributed by atoms with Crippen LogP contribution in [0.3, 0.4) is 0 Å². The first kappa shape index (κ1) is 17.2. The van der Waals surface area contributed by atoms with Crippen molar-refractivity contribution in [2.45, 2.75) is 13.8 Å². The maximum Gasteiger partial charge on any atom is 0.158 e. The van der Waals surface area contributed by atoms with Crippen molar-refractivity contribution in [1.29, 1.82) is 0 Å². The third kappa shape index (κ3) is 3.66. The Kier molecular flexibility index (Phi) is 4.56. The first-order valence-corrected chi connectivity index (χ1v) is 9.41. The Morgan fingerprint density at radius 2 is 1.85 bits per heavy atom. The molecule has 0 spiro atoms. The molecule has 5 nitrogen and oxygen atoms in total. The topological polar surface area (TPSA) is 76.2 Å². The lowest BCUT2D eigenvalue weighted by atomic mass is 10.1. The Morgan fingerprint density at radius 1 is 1.04 bits per heavy atom. The van der Waals surface area contributed by atoms with E-state index in [1.54, 1.807) is 11.3 Å². The third-order valence-electron chi connectivity index (χ3n) is 4.20. The Hall–Kier alpha value is -3.25. The zero-order chi connectivity index (χ0) is 18.8. The van der Waals surface area contributed by atoms with Gasteiger partial charge < -0.3 is 5.73 Å². The summed E-state index contributed by atoms with van der Waals surface area (Å²) in [7, 11) is 0. The predicted octanol–water partition coefficient (Wildman–Crippen LogP) is 5.09.